The predicted molar refractivity (Wildman–Crippen MR) is 225 cm³/mol. The van der Waals surface area contributed by atoms with E-state index in [2.05, 4.69) is 75.2 Å². The third kappa shape index (κ3) is 6.84. The summed E-state index contributed by atoms with van der Waals surface area (Å²) in [5, 5.41) is 5.73. The molecule has 1 spiro atoms. The third-order valence-corrected chi connectivity index (χ3v) is 13.2. The van der Waals surface area contributed by atoms with E-state index < -0.39 is 12.1 Å². The standard InChI is InChI=1S/C46H54N8O4/c1-27(2)41(52-45(57)58-4)44(56)54-21-9-11-39(54)43-49-35-17-13-29(23-37(35)51-43)31-15-14-30(32-24-46(25-33(31)32)18-6-5-7-19-46)28-12-16-34-36(22-28)50-42(48-34)38-10-8-20-53(38)40(55)26-47-3/h8,10,12-17,22-23,27,38-39,41,47H,5-7,9,11,18-21,24-26H2,1-4H3,(H,48,50)(H,49,51)(H,52,57). The van der Waals surface area contributed by atoms with Crippen molar-refractivity contribution in [3.63, 3.8) is 0 Å². The average Bonchev–Trinajstić information content (AvgIpc) is 4.07. The van der Waals surface area contributed by atoms with Gasteiger partial charge in [0.25, 0.3) is 0 Å². The van der Waals surface area contributed by atoms with Crippen molar-refractivity contribution in [2.45, 2.75) is 89.8 Å². The maximum absolute atomic E-state index is 13.8. The number of aromatic amines is 2. The molecule has 4 aliphatic rings. The number of likely N-dealkylation sites (tertiary alicyclic amines) is 1. The molecule has 1 saturated carbocycles. The van der Waals surface area contributed by atoms with Crippen molar-refractivity contribution in [2.24, 2.45) is 11.3 Å². The van der Waals surface area contributed by atoms with Gasteiger partial charge in [0, 0.05) is 13.1 Å². The van der Waals surface area contributed by atoms with Gasteiger partial charge < -0.3 is 35.1 Å². The number of likely N-dealkylation sites (N-methyl/N-ethyl adjacent to an activating group) is 1. The van der Waals surface area contributed by atoms with Crippen LogP contribution in [-0.2, 0) is 27.2 Å². The molecule has 3 atom stereocenters. The number of ether oxygens (including phenoxy) is 1. The number of amides is 3. The molecule has 4 N–H and O–H groups in total. The highest BCUT2D eigenvalue weighted by Gasteiger charge is 2.41. The lowest BCUT2D eigenvalue weighted by molar-refractivity contribution is -0.135. The molecule has 12 nitrogen and oxygen atoms in total. The quantitative estimate of drug-likeness (QED) is 0.113. The first kappa shape index (κ1) is 38.1. The van der Waals surface area contributed by atoms with Gasteiger partial charge in [0.15, 0.2) is 0 Å². The predicted octanol–water partition coefficient (Wildman–Crippen LogP) is 7.53. The zero-order valence-corrected chi connectivity index (χ0v) is 34.0. The summed E-state index contributed by atoms with van der Waals surface area (Å²) in [7, 11) is 3.10. The van der Waals surface area contributed by atoms with Gasteiger partial charge in [-0.1, -0.05) is 69.5 Å². The van der Waals surface area contributed by atoms with E-state index in [9.17, 15) is 14.4 Å². The van der Waals surface area contributed by atoms with Gasteiger partial charge in [-0.25, -0.2) is 14.8 Å². The summed E-state index contributed by atoms with van der Waals surface area (Å²) in [5.41, 5.74) is 11.8. The molecule has 5 aromatic rings. The van der Waals surface area contributed by atoms with Crippen molar-refractivity contribution in [1.82, 2.24) is 40.4 Å². The fourth-order valence-corrected chi connectivity index (χ4v) is 10.3. The number of aromatic nitrogens is 4. The van der Waals surface area contributed by atoms with Crippen LogP contribution in [0.3, 0.4) is 0 Å². The van der Waals surface area contributed by atoms with Crippen molar-refractivity contribution in [2.75, 3.05) is 33.8 Å². The second-order valence-corrected chi connectivity index (χ2v) is 17.2. The van der Waals surface area contributed by atoms with Crippen LogP contribution in [0.1, 0.15) is 93.7 Å². The fraction of sp³-hybridized carbons (Fsp3) is 0.457. The van der Waals surface area contributed by atoms with Crippen LogP contribution in [0.4, 0.5) is 4.79 Å². The second kappa shape index (κ2) is 15.4. The number of benzene rings is 3. The Labute approximate surface area is 339 Å². The number of methoxy groups -OCH3 is 1. The number of rotatable bonds is 9. The lowest BCUT2D eigenvalue weighted by Gasteiger charge is -2.33. The normalized spacial score (nSPS) is 20.4. The topological polar surface area (TPSA) is 148 Å². The van der Waals surface area contributed by atoms with E-state index in [-0.39, 0.29) is 35.2 Å². The van der Waals surface area contributed by atoms with Gasteiger partial charge in [-0.15, -0.1) is 0 Å². The summed E-state index contributed by atoms with van der Waals surface area (Å²) in [6.45, 7) is 5.35. The molecule has 0 radical (unpaired) electrons. The van der Waals surface area contributed by atoms with Crippen molar-refractivity contribution >= 4 is 40.0 Å². The Balaban J connectivity index is 1.04. The summed E-state index contributed by atoms with van der Waals surface area (Å²) >= 11 is 0. The van der Waals surface area contributed by atoms with Crippen LogP contribution in [0.25, 0.3) is 44.3 Å². The first-order valence-corrected chi connectivity index (χ1v) is 21.1. The Hall–Kier alpha value is -5.49. The van der Waals surface area contributed by atoms with E-state index >= 15 is 0 Å². The zero-order chi connectivity index (χ0) is 40.1. The molecule has 4 heterocycles. The Morgan fingerprint density at radius 3 is 2.12 bits per heavy atom. The average molecular weight is 783 g/mol. The van der Waals surface area contributed by atoms with Crippen LogP contribution in [0, 0.1) is 11.3 Å². The maximum atomic E-state index is 13.8. The molecule has 2 aromatic heterocycles. The molecule has 3 amide bonds. The molecular weight excluding hydrogens is 729 g/mol. The van der Waals surface area contributed by atoms with Gasteiger partial charge in [0.05, 0.1) is 41.8 Å². The second-order valence-electron chi connectivity index (χ2n) is 17.2. The van der Waals surface area contributed by atoms with E-state index in [0.717, 1.165) is 65.0 Å². The van der Waals surface area contributed by atoms with Gasteiger partial charge in [-0.05, 0) is 115 Å². The Bertz CT molecular complexity index is 2420. The van der Waals surface area contributed by atoms with Crippen LogP contribution < -0.4 is 10.6 Å². The highest BCUT2D eigenvalue weighted by atomic mass is 16.5. The van der Waals surface area contributed by atoms with E-state index in [1.165, 1.54) is 67.0 Å². The number of nitrogens with zero attached hydrogens (tertiary/aromatic N) is 4. The molecule has 58 heavy (non-hydrogen) atoms. The number of alkyl carbamates (subject to hydrolysis) is 1. The lowest BCUT2D eigenvalue weighted by atomic mass is 9.72. The van der Waals surface area contributed by atoms with Gasteiger partial charge in [0.1, 0.15) is 23.7 Å². The molecule has 2 aliphatic heterocycles. The minimum Gasteiger partial charge on any atom is -0.453 e. The molecular formula is C46H54N8O4. The number of carbonyl (C=O) groups excluding carboxylic acids is 3. The van der Waals surface area contributed by atoms with Crippen LogP contribution in [0.5, 0.6) is 0 Å². The Morgan fingerprint density at radius 2 is 1.50 bits per heavy atom. The number of imidazole rings is 2. The lowest BCUT2D eigenvalue weighted by Crippen LogP contribution is -2.51. The summed E-state index contributed by atoms with van der Waals surface area (Å²) in [6, 6.07) is 16.6. The van der Waals surface area contributed by atoms with Crippen LogP contribution in [0.15, 0.2) is 60.7 Å². The Morgan fingerprint density at radius 1 is 0.862 bits per heavy atom. The molecule has 3 unspecified atom stereocenters. The third-order valence-electron chi connectivity index (χ3n) is 13.2. The van der Waals surface area contributed by atoms with Crippen molar-refractivity contribution < 1.29 is 19.1 Å². The number of hydrogen-bond acceptors (Lipinski definition) is 7. The van der Waals surface area contributed by atoms with Gasteiger partial charge >= 0.3 is 6.09 Å². The molecule has 12 heteroatoms. The molecule has 1 saturated heterocycles. The molecule has 2 fully saturated rings. The van der Waals surface area contributed by atoms with Crippen molar-refractivity contribution in [3.05, 3.63) is 83.5 Å². The first-order chi connectivity index (χ1) is 28.1. The van der Waals surface area contributed by atoms with Gasteiger partial charge in [-0.3, -0.25) is 9.59 Å². The number of carbonyl (C=O) groups is 3. The van der Waals surface area contributed by atoms with Crippen molar-refractivity contribution in [3.8, 4) is 22.3 Å². The van der Waals surface area contributed by atoms with E-state index in [1.807, 2.05) is 29.7 Å². The zero-order valence-electron chi connectivity index (χ0n) is 34.0. The number of H-pyrrole nitrogens is 2. The van der Waals surface area contributed by atoms with E-state index in [4.69, 9.17) is 14.7 Å². The molecule has 0 bridgehead atoms. The maximum Gasteiger partial charge on any atom is 0.407 e. The van der Waals surface area contributed by atoms with Crippen LogP contribution >= 0.6 is 0 Å². The number of fused-ring (bicyclic) bond motifs is 3. The summed E-state index contributed by atoms with van der Waals surface area (Å²) in [4.78, 5) is 59.6. The SMILES string of the molecule is CNCC(=O)N1CC=CC1c1nc2ccc(-c3ccc(-c4ccc5nc(C6CCCN6C(=O)C(NC(=O)OC)C(C)C)[nH]c5c4)c4c3CC3(CCCCC3)C4)cc2[nH]1. The van der Waals surface area contributed by atoms with E-state index in [0.29, 0.717) is 19.6 Å². The summed E-state index contributed by atoms with van der Waals surface area (Å²) < 4.78 is 4.82. The Kier molecular flexibility index (Phi) is 10.1. The first-order valence-electron chi connectivity index (χ1n) is 21.1. The molecule has 302 valence electrons. The number of nitrogens with one attached hydrogen (secondary N) is 4. The molecule has 9 rings (SSSR count). The fourth-order valence-electron chi connectivity index (χ4n) is 10.3. The largest absolute Gasteiger partial charge is 0.453 e. The van der Waals surface area contributed by atoms with E-state index in [1.54, 1.807) is 7.05 Å². The smallest absolute Gasteiger partial charge is 0.407 e. The van der Waals surface area contributed by atoms with Gasteiger partial charge in [-0.2, -0.15) is 0 Å². The van der Waals surface area contributed by atoms with Crippen molar-refractivity contribution in [1.29, 1.82) is 0 Å². The highest BCUT2D eigenvalue weighted by Crippen LogP contribution is 2.52. The minimum absolute atomic E-state index is 0.0524. The monoisotopic (exact) mass is 782 g/mol. The van der Waals surface area contributed by atoms with Gasteiger partial charge in [0.2, 0.25) is 11.8 Å². The van der Waals surface area contributed by atoms with Crippen LogP contribution in [0.2, 0.25) is 0 Å². The minimum atomic E-state index is -0.680. The summed E-state index contributed by atoms with van der Waals surface area (Å²) in [5.74, 6) is 1.40. The molecule has 2 aliphatic carbocycles. The number of hydrogen-bond donors (Lipinski definition) is 4. The summed E-state index contributed by atoms with van der Waals surface area (Å²) in [6.07, 6.45) is 13.7. The highest BCUT2D eigenvalue weighted by molar-refractivity contribution is 5.89. The van der Waals surface area contributed by atoms with Crippen LogP contribution in [-0.4, -0.2) is 87.5 Å². The molecule has 3 aromatic carbocycles.